The van der Waals surface area contributed by atoms with Crippen molar-refractivity contribution >= 4 is 28.3 Å². The van der Waals surface area contributed by atoms with Crippen LogP contribution in [0.4, 0.5) is 0 Å². The van der Waals surface area contributed by atoms with E-state index in [4.69, 9.17) is 0 Å². The van der Waals surface area contributed by atoms with E-state index in [0.29, 0.717) is 12.1 Å². The minimum atomic E-state index is -0.139. The van der Waals surface area contributed by atoms with Crippen molar-refractivity contribution < 1.29 is 4.79 Å². The molecule has 0 bridgehead atoms. The summed E-state index contributed by atoms with van der Waals surface area (Å²) >= 11 is 1.62. The molecule has 0 aliphatic heterocycles. The van der Waals surface area contributed by atoms with Gasteiger partial charge in [0.25, 0.3) is 5.91 Å². The Kier molecular flexibility index (Phi) is 5.12. The Balaban J connectivity index is 1.42. The molecule has 2 heterocycles. The fourth-order valence-corrected chi connectivity index (χ4v) is 3.75. The van der Waals surface area contributed by atoms with Crippen LogP contribution in [0.5, 0.6) is 0 Å². The van der Waals surface area contributed by atoms with Crippen LogP contribution in [0.1, 0.15) is 38.0 Å². The van der Waals surface area contributed by atoms with Gasteiger partial charge in [-0.05, 0) is 37.6 Å². The van der Waals surface area contributed by atoms with E-state index in [1.165, 1.54) is 5.56 Å². The van der Waals surface area contributed by atoms with Crippen molar-refractivity contribution in [2.75, 3.05) is 0 Å². The van der Waals surface area contributed by atoms with Gasteiger partial charge in [-0.15, -0.1) is 11.3 Å². The number of rotatable bonds is 5. The number of carbonyl (C=O) groups excluding carboxylic acids is 1. The summed E-state index contributed by atoms with van der Waals surface area (Å²) in [6, 6.07) is 15.7. The number of carbonyl (C=O) groups is 1. The highest BCUT2D eigenvalue weighted by Gasteiger charge is 2.10. The van der Waals surface area contributed by atoms with Gasteiger partial charge in [-0.2, -0.15) is 0 Å². The molecule has 2 aromatic carbocycles. The second-order valence-corrected chi connectivity index (χ2v) is 7.62. The zero-order valence-corrected chi connectivity index (χ0v) is 16.6. The molecule has 2 aromatic heterocycles. The molecule has 4 rings (SSSR count). The average Bonchev–Trinajstić information content (AvgIpc) is 3.15. The maximum atomic E-state index is 12.5. The Labute approximate surface area is 167 Å². The van der Waals surface area contributed by atoms with E-state index in [9.17, 15) is 4.79 Å². The Morgan fingerprint density at radius 3 is 2.50 bits per heavy atom. The maximum absolute atomic E-state index is 12.5. The maximum Gasteiger partial charge on any atom is 0.251 e. The van der Waals surface area contributed by atoms with Gasteiger partial charge in [-0.1, -0.05) is 30.3 Å². The molecule has 6 heteroatoms. The van der Waals surface area contributed by atoms with Crippen molar-refractivity contribution in [3.05, 3.63) is 87.1 Å². The lowest BCUT2D eigenvalue weighted by Gasteiger charge is -2.06. The smallest absolute Gasteiger partial charge is 0.251 e. The Morgan fingerprint density at radius 2 is 1.71 bits per heavy atom. The molecule has 0 aliphatic rings. The van der Waals surface area contributed by atoms with E-state index in [1.54, 1.807) is 23.5 Å². The van der Waals surface area contributed by atoms with Gasteiger partial charge in [0.15, 0.2) is 0 Å². The molecule has 0 spiro atoms. The molecule has 0 fully saturated rings. The summed E-state index contributed by atoms with van der Waals surface area (Å²) in [5, 5.41) is 5.98. The predicted octanol–water partition coefficient (Wildman–Crippen LogP) is 4.22. The van der Waals surface area contributed by atoms with E-state index in [2.05, 4.69) is 32.4 Å². The second kappa shape index (κ2) is 7.86. The summed E-state index contributed by atoms with van der Waals surface area (Å²) in [4.78, 5) is 26.2. The highest BCUT2D eigenvalue weighted by molar-refractivity contribution is 7.09. The monoisotopic (exact) mass is 388 g/mol. The van der Waals surface area contributed by atoms with Gasteiger partial charge >= 0.3 is 0 Å². The molecule has 0 saturated heterocycles. The summed E-state index contributed by atoms with van der Waals surface area (Å²) in [7, 11) is 0. The van der Waals surface area contributed by atoms with E-state index in [1.807, 2.05) is 43.5 Å². The van der Waals surface area contributed by atoms with Gasteiger partial charge in [0, 0.05) is 17.4 Å². The van der Waals surface area contributed by atoms with Crippen LogP contribution in [-0.2, 0) is 13.0 Å². The van der Waals surface area contributed by atoms with Crippen LogP contribution in [0.15, 0.2) is 53.9 Å². The third-order valence-corrected chi connectivity index (χ3v) is 5.46. The Morgan fingerprint density at radius 1 is 0.964 bits per heavy atom. The molecule has 1 N–H and O–H groups in total. The van der Waals surface area contributed by atoms with Crippen LogP contribution in [0.25, 0.3) is 11.0 Å². The molecule has 5 nitrogen and oxygen atoms in total. The van der Waals surface area contributed by atoms with Crippen molar-refractivity contribution in [1.82, 2.24) is 20.3 Å². The van der Waals surface area contributed by atoms with Crippen molar-refractivity contribution in [2.45, 2.75) is 26.8 Å². The standard InChI is InChI=1S/C22H20N4OS/c1-14-15(2)25-20-11-17(8-9-19(20)24-14)22(27)23-12-18-13-28-21(26-18)10-16-6-4-3-5-7-16/h3-9,11,13H,10,12H2,1-2H3,(H,23,27). The topological polar surface area (TPSA) is 67.8 Å². The van der Waals surface area contributed by atoms with Crippen LogP contribution in [0, 0.1) is 13.8 Å². The summed E-state index contributed by atoms with van der Waals surface area (Å²) < 4.78 is 0. The van der Waals surface area contributed by atoms with Crippen molar-refractivity contribution in [3.8, 4) is 0 Å². The van der Waals surface area contributed by atoms with Crippen LogP contribution < -0.4 is 5.32 Å². The molecule has 0 radical (unpaired) electrons. The first kappa shape index (κ1) is 18.3. The lowest BCUT2D eigenvalue weighted by atomic mass is 10.1. The number of hydrogen-bond donors (Lipinski definition) is 1. The number of nitrogens with zero attached hydrogens (tertiary/aromatic N) is 3. The first-order valence-electron chi connectivity index (χ1n) is 9.09. The summed E-state index contributed by atoms with van der Waals surface area (Å²) in [5.41, 5.74) is 5.98. The average molecular weight is 388 g/mol. The summed E-state index contributed by atoms with van der Waals surface area (Å²) in [6.07, 6.45) is 0.807. The fourth-order valence-electron chi connectivity index (χ4n) is 2.93. The number of nitrogens with one attached hydrogen (secondary N) is 1. The second-order valence-electron chi connectivity index (χ2n) is 6.68. The summed E-state index contributed by atoms with van der Waals surface area (Å²) in [6.45, 7) is 4.26. The van der Waals surface area contributed by atoms with E-state index >= 15 is 0 Å². The zero-order valence-electron chi connectivity index (χ0n) is 15.8. The van der Waals surface area contributed by atoms with Gasteiger partial charge in [-0.25, -0.2) is 15.0 Å². The Bertz CT molecular complexity index is 1140. The van der Waals surface area contributed by atoms with Gasteiger partial charge in [0.2, 0.25) is 0 Å². The minimum Gasteiger partial charge on any atom is -0.346 e. The zero-order chi connectivity index (χ0) is 19.5. The number of amides is 1. The molecule has 1 amide bonds. The molecule has 4 aromatic rings. The van der Waals surface area contributed by atoms with Gasteiger partial charge < -0.3 is 5.32 Å². The number of aryl methyl sites for hydroxylation is 2. The van der Waals surface area contributed by atoms with Gasteiger partial charge in [0.1, 0.15) is 0 Å². The highest BCUT2D eigenvalue weighted by atomic mass is 32.1. The number of benzene rings is 2. The van der Waals surface area contributed by atoms with Crippen LogP contribution in [-0.4, -0.2) is 20.9 Å². The SMILES string of the molecule is Cc1nc2ccc(C(=O)NCc3csc(Cc4ccccc4)n3)cc2nc1C. The van der Waals surface area contributed by atoms with Crippen LogP contribution in [0.2, 0.25) is 0 Å². The lowest BCUT2D eigenvalue weighted by molar-refractivity contribution is 0.0950. The van der Waals surface area contributed by atoms with E-state index in [-0.39, 0.29) is 5.91 Å². The molecular weight excluding hydrogens is 368 g/mol. The fraction of sp³-hybridized carbons (Fsp3) is 0.182. The first-order valence-corrected chi connectivity index (χ1v) is 9.97. The third-order valence-electron chi connectivity index (χ3n) is 4.57. The quantitative estimate of drug-likeness (QED) is 0.556. The van der Waals surface area contributed by atoms with Crippen molar-refractivity contribution in [3.63, 3.8) is 0 Å². The molecule has 0 saturated carbocycles. The number of hydrogen-bond acceptors (Lipinski definition) is 5. The molecular formula is C22H20N4OS. The highest BCUT2D eigenvalue weighted by Crippen LogP contribution is 2.16. The molecule has 0 unspecified atom stereocenters. The van der Waals surface area contributed by atoms with Crippen LogP contribution in [0.3, 0.4) is 0 Å². The van der Waals surface area contributed by atoms with E-state index < -0.39 is 0 Å². The normalized spacial score (nSPS) is 10.9. The number of thiazole rings is 1. The predicted molar refractivity (Wildman–Crippen MR) is 112 cm³/mol. The number of fused-ring (bicyclic) bond motifs is 1. The third kappa shape index (κ3) is 4.07. The number of aromatic nitrogens is 3. The molecule has 0 atom stereocenters. The van der Waals surface area contributed by atoms with Gasteiger partial charge in [-0.3, -0.25) is 4.79 Å². The lowest BCUT2D eigenvalue weighted by Crippen LogP contribution is -2.23. The molecule has 0 aliphatic carbocycles. The van der Waals surface area contributed by atoms with Crippen molar-refractivity contribution in [1.29, 1.82) is 0 Å². The van der Waals surface area contributed by atoms with Gasteiger partial charge in [0.05, 0.1) is 39.7 Å². The Hall–Kier alpha value is -3.12. The molecule has 140 valence electrons. The van der Waals surface area contributed by atoms with Crippen molar-refractivity contribution in [2.24, 2.45) is 0 Å². The first-order chi connectivity index (χ1) is 13.6. The molecule has 28 heavy (non-hydrogen) atoms. The van der Waals surface area contributed by atoms with Crippen LogP contribution >= 0.6 is 11.3 Å². The van der Waals surface area contributed by atoms with E-state index in [0.717, 1.165) is 39.5 Å². The summed E-state index contributed by atoms with van der Waals surface area (Å²) in [5.74, 6) is -0.139. The largest absolute Gasteiger partial charge is 0.346 e. The minimum absolute atomic E-state index is 0.139.